The number of likely N-dealkylation sites (tertiary alicyclic amines) is 2. The highest BCUT2D eigenvalue weighted by atomic mass is 16.5. The molecule has 2 aromatic rings. The monoisotopic (exact) mass is 406 g/mol. The van der Waals surface area contributed by atoms with Crippen LogP contribution in [0.2, 0.25) is 0 Å². The van der Waals surface area contributed by atoms with Crippen molar-refractivity contribution in [3.05, 3.63) is 71.3 Å². The van der Waals surface area contributed by atoms with Crippen LogP contribution in [-0.2, 0) is 22.5 Å². The molecule has 0 bridgehead atoms. The number of hydrogen-bond donors (Lipinski definition) is 0. The fourth-order valence-electron chi connectivity index (χ4n) is 4.96. The van der Waals surface area contributed by atoms with Crippen molar-refractivity contribution in [2.45, 2.75) is 44.2 Å². The molecule has 1 atom stereocenters. The molecule has 30 heavy (non-hydrogen) atoms. The van der Waals surface area contributed by atoms with Gasteiger partial charge in [-0.1, -0.05) is 42.5 Å². The quantitative estimate of drug-likeness (QED) is 0.687. The third-order valence-electron chi connectivity index (χ3n) is 6.59. The van der Waals surface area contributed by atoms with Gasteiger partial charge in [0.1, 0.15) is 5.54 Å². The van der Waals surface area contributed by atoms with Crippen LogP contribution in [-0.4, -0.2) is 54.0 Å². The van der Waals surface area contributed by atoms with Gasteiger partial charge in [-0.2, -0.15) is 0 Å². The molecule has 2 aromatic carbocycles. The molecule has 158 valence electrons. The Kier molecular flexibility index (Phi) is 6.18. The summed E-state index contributed by atoms with van der Waals surface area (Å²) in [6.07, 6.45) is 4.89. The van der Waals surface area contributed by atoms with Crippen molar-refractivity contribution in [1.29, 1.82) is 0 Å². The lowest BCUT2D eigenvalue weighted by atomic mass is 9.85. The fourth-order valence-corrected chi connectivity index (χ4v) is 4.96. The number of carbonyl (C=O) groups is 2. The maximum absolute atomic E-state index is 13.6. The molecular formula is C25H30N2O3. The lowest BCUT2D eigenvalue weighted by Gasteiger charge is -2.45. The van der Waals surface area contributed by atoms with E-state index in [1.54, 1.807) is 12.1 Å². The summed E-state index contributed by atoms with van der Waals surface area (Å²) in [6, 6.07) is 17.9. The molecule has 0 saturated carbocycles. The molecule has 1 spiro atoms. The second-order valence-electron chi connectivity index (χ2n) is 8.38. The molecule has 0 N–H and O–H groups in total. The SMILES string of the molecule is COC(=O)c1ccc(CN2CCCC23CCCN(CCc2ccccc2)C3=O)cc1. The van der Waals surface area contributed by atoms with E-state index in [0.717, 1.165) is 63.8 Å². The van der Waals surface area contributed by atoms with Crippen molar-refractivity contribution in [2.24, 2.45) is 0 Å². The molecule has 0 aliphatic carbocycles. The van der Waals surface area contributed by atoms with Crippen LogP contribution in [0.3, 0.4) is 0 Å². The Morgan fingerprint density at radius 1 is 0.967 bits per heavy atom. The molecule has 2 aliphatic rings. The maximum atomic E-state index is 13.6. The summed E-state index contributed by atoms with van der Waals surface area (Å²) in [5.41, 5.74) is 2.59. The van der Waals surface area contributed by atoms with Crippen molar-refractivity contribution >= 4 is 11.9 Å². The first-order valence-corrected chi connectivity index (χ1v) is 10.9. The normalized spacial score (nSPS) is 21.9. The van der Waals surface area contributed by atoms with Gasteiger partial charge in [0.2, 0.25) is 5.91 Å². The van der Waals surface area contributed by atoms with Gasteiger partial charge in [0.05, 0.1) is 12.7 Å². The average Bonchev–Trinajstić information content (AvgIpc) is 3.18. The summed E-state index contributed by atoms with van der Waals surface area (Å²) in [4.78, 5) is 29.7. The molecule has 2 heterocycles. The Hall–Kier alpha value is -2.66. The minimum atomic E-state index is -0.365. The molecule has 5 nitrogen and oxygen atoms in total. The molecular weight excluding hydrogens is 376 g/mol. The van der Waals surface area contributed by atoms with E-state index in [-0.39, 0.29) is 11.5 Å². The highest BCUT2D eigenvalue weighted by Gasteiger charge is 2.50. The summed E-state index contributed by atoms with van der Waals surface area (Å²) < 4.78 is 4.78. The van der Waals surface area contributed by atoms with Crippen molar-refractivity contribution in [2.75, 3.05) is 26.7 Å². The Morgan fingerprint density at radius 2 is 1.67 bits per heavy atom. The standard InChI is InChI=1S/C25H30N2O3/c1-30-23(28)22-11-9-21(10-12-22)19-27-17-6-15-25(27)14-5-16-26(24(25)29)18-13-20-7-3-2-4-8-20/h2-4,7-12H,5-6,13-19H2,1H3. The Balaban J connectivity index is 1.45. The molecule has 4 rings (SSSR count). The van der Waals surface area contributed by atoms with Gasteiger partial charge in [0, 0.05) is 19.6 Å². The number of benzene rings is 2. The predicted molar refractivity (Wildman–Crippen MR) is 116 cm³/mol. The summed E-state index contributed by atoms with van der Waals surface area (Å²) in [6.45, 7) is 3.32. The van der Waals surface area contributed by atoms with E-state index in [0.29, 0.717) is 11.5 Å². The van der Waals surface area contributed by atoms with E-state index in [2.05, 4.69) is 34.1 Å². The van der Waals surface area contributed by atoms with Crippen molar-refractivity contribution in [3.8, 4) is 0 Å². The number of hydrogen-bond acceptors (Lipinski definition) is 4. The Morgan fingerprint density at radius 3 is 2.37 bits per heavy atom. The first-order valence-electron chi connectivity index (χ1n) is 10.9. The predicted octanol–water partition coefficient (Wildman–Crippen LogP) is 3.67. The van der Waals surface area contributed by atoms with Crippen molar-refractivity contribution in [3.63, 3.8) is 0 Å². The topological polar surface area (TPSA) is 49.9 Å². The summed E-state index contributed by atoms with van der Waals surface area (Å²) >= 11 is 0. The number of nitrogens with zero attached hydrogens (tertiary/aromatic N) is 2. The number of ether oxygens (including phenoxy) is 1. The number of amides is 1. The average molecular weight is 407 g/mol. The zero-order valence-corrected chi connectivity index (χ0v) is 17.7. The second-order valence-corrected chi connectivity index (χ2v) is 8.38. The van der Waals surface area contributed by atoms with E-state index in [4.69, 9.17) is 4.74 Å². The smallest absolute Gasteiger partial charge is 0.337 e. The van der Waals surface area contributed by atoms with Crippen LogP contribution in [0.5, 0.6) is 0 Å². The van der Waals surface area contributed by atoms with Crippen molar-refractivity contribution < 1.29 is 14.3 Å². The molecule has 0 aromatic heterocycles. The largest absolute Gasteiger partial charge is 0.465 e. The summed E-state index contributed by atoms with van der Waals surface area (Å²) in [7, 11) is 1.39. The molecule has 0 radical (unpaired) electrons. The van der Waals surface area contributed by atoms with Gasteiger partial charge >= 0.3 is 5.97 Å². The summed E-state index contributed by atoms with van der Waals surface area (Å²) in [5.74, 6) is -0.0240. The third kappa shape index (κ3) is 4.12. The number of methoxy groups -OCH3 is 1. The Bertz CT molecular complexity index is 881. The molecule has 5 heteroatoms. The van der Waals surface area contributed by atoms with Crippen LogP contribution in [0.1, 0.15) is 47.2 Å². The van der Waals surface area contributed by atoms with Gasteiger partial charge < -0.3 is 9.64 Å². The Labute approximate surface area is 178 Å². The molecule has 2 saturated heterocycles. The van der Waals surface area contributed by atoms with E-state index in [9.17, 15) is 9.59 Å². The van der Waals surface area contributed by atoms with Crippen LogP contribution in [0.15, 0.2) is 54.6 Å². The highest BCUT2D eigenvalue weighted by Crippen LogP contribution is 2.39. The fraction of sp³-hybridized carbons (Fsp3) is 0.440. The van der Waals surface area contributed by atoms with Crippen LogP contribution in [0.25, 0.3) is 0 Å². The van der Waals surface area contributed by atoms with Gasteiger partial charge in [-0.05, 0) is 61.9 Å². The van der Waals surface area contributed by atoms with Gasteiger partial charge in [-0.25, -0.2) is 4.79 Å². The minimum Gasteiger partial charge on any atom is -0.465 e. The van der Waals surface area contributed by atoms with Gasteiger partial charge in [0.15, 0.2) is 0 Å². The minimum absolute atomic E-state index is 0.299. The number of rotatable bonds is 6. The van der Waals surface area contributed by atoms with Crippen LogP contribution in [0, 0.1) is 0 Å². The first-order chi connectivity index (χ1) is 14.6. The highest BCUT2D eigenvalue weighted by molar-refractivity contribution is 5.89. The van der Waals surface area contributed by atoms with E-state index >= 15 is 0 Å². The van der Waals surface area contributed by atoms with Crippen LogP contribution in [0.4, 0.5) is 0 Å². The third-order valence-corrected chi connectivity index (χ3v) is 6.59. The summed E-state index contributed by atoms with van der Waals surface area (Å²) in [5, 5.41) is 0. The first kappa shape index (κ1) is 20.6. The second kappa shape index (κ2) is 9.00. The number of piperidine rings is 1. The molecule has 1 unspecified atom stereocenters. The zero-order valence-electron chi connectivity index (χ0n) is 17.7. The van der Waals surface area contributed by atoms with E-state index in [1.807, 2.05) is 18.2 Å². The zero-order chi connectivity index (χ0) is 21.0. The van der Waals surface area contributed by atoms with E-state index < -0.39 is 0 Å². The van der Waals surface area contributed by atoms with Crippen molar-refractivity contribution in [1.82, 2.24) is 9.80 Å². The number of carbonyl (C=O) groups excluding carboxylic acids is 2. The molecule has 2 aliphatic heterocycles. The lowest BCUT2D eigenvalue weighted by Crippen LogP contribution is -2.59. The molecule has 2 fully saturated rings. The van der Waals surface area contributed by atoms with E-state index in [1.165, 1.54) is 12.7 Å². The van der Waals surface area contributed by atoms with Crippen LogP contribution >= 0.6 is 0 Å². The lowest BCUT2D eigenvalue weighted by molar-refractivity contribution is -0.147. The molecule has 1 amide bonds. The van der Waals surface area contributed by atoms with Gasteiger partial charge in [0.25, 0.3) is 0 Å². The van der Waals surface area contributed by atoms with Gasteiger partial charge in [-0.15, -0.1) is 0 Å². The maximum Gasteiger partial charge on any atom is 0.337 e. The number of esters is 1. The van der Waals surface area contributed by atoms with Gasteiger partial charge in [-0.3, -0.25) is 9.69 Å². The van der Waals surface area contributed by atoms with Crippen LogP contribution < -0.4 is 0 Å².